The lowest BCUT2D eigenvalue weighted by atomic mass is 10.1. The summed E-state index contributed by atoms with van der Waals surface area (Å²) in [5.74, 6) is 3.17. The molecule has 18 heavy (non-hydrogen) atoms. The summed E-state index contributed by atoms with van der Waals surface area (Å²) in [6.07, 6.45) is 1.90. The van der Waals surface area contributed by atoms with Crippen LogP contribution in [-0.4, -0.2) is 10.4 Å². The standard InChI is InChI=1S/C16H15NO/c1-12-11-17(13(2)16(12)14(3)18)10-9-15-7-5-4-6-8-15/h4-8,11H,1-3H3. The Hall–Kier alpha value is -2.27. The lowest BCUT2D eigenvalue weighted by Crippen LogP contribution is -1.97. The topological polar surface area (TPSA) is 22.0 Å². The Morgan fingerprint density at radius 3 is 2.39 bits per heavy atom. The average Bonchev–Trinajstić information content (AvgIpc) is 2.63. The van der Waals surface area contributed by atoms with Crippen LogP contribution < -0.4 is 0 Å². The molecule has 0 amide bonds. The molecular formula is C16H15NO. The summed E-state index contributed by atoms with van der Waals surface area (Å²) in [6.45, 7) is 5.44. The monoisotopic (exact) mass is 237 g/mol. The molecule has 1 aromatic carbocycles. The van der Waals surface area contributed by atoms with E-state index in [0.717, 1.165) is 22.4 Å². The van der Waals surface area contributed by atoms with Crippen LogP contribution in [0.15, 0.2) is 36.5 Å². The van der Waals surface area contributed by atoms with Gasteiger partial charge in [0.15, 0.2) is 5.78 Å². The molecule has 0 aliphatic carbocycles. The summed E-state index contributed by atoms with van der Waals surface area (Å²) >= 11 is 0. The van der Waals surface area contributed by atoms with Gasteiger partial charge in [-0.15, -0.1) is 0 Å². The average molecular weight is 237 g/mol. The molecule has 0 saturated carbocycles. The Labute approximate surface area is 107 Å². The van der Waals surface area contributed by atoms with Crippen LogP contribution in [0.5, 0.6) is 0 Å². The van der Waals surface area contributed by atoms with Crippen molar-refractivity contribution in [2.75, 3.05) is 0 Å². The largest absolute Gasteiger partial charge is 0.294 e. The summed E-state index contributed by atoms with van der Waals surface area (Å²) in [5.41, 5.74) is 3.62. The lowest BCUT2D eigenvalue weighted by molar-refractivity contribution is 0.101. The molecule has 2 nitrogen and oxygen atoms in total. The van der Waals surface area contributed by atoms with Gasteiger partial charge in [-0.2, -0.15) is 0 Å². The van der Waals surface area contributed by atoms with Crippen molar-refractivity contribution in [2.45, 2.75) is 20.8 Å². The van der Waals surface area contributed by atoms with Gasteiger partial charge in [0.2, 0.25) is 0 Å². The Bertz CT molecular complexity index is 639. The minimum Gasteiger partial charge on any atom is -0.294 e. The number of benzene rings is 1. The van der Waals surface area contributed by atoms with E-state index in [9.17, 15) is 4.79 Å². The zero-order valence-electron chi connectivity index (χ0n) is 10.8. The normalized spacial score (nSPS) is 9.72. The molecule has 0 N–H and O–H groups in total. The van der Waals surface area contributed by atoms with Gasteiger partial charge >= 0.3 is 0 Å². The molecule has 0 saturated heterocycles. The van der Waals surface area contributed by atoms with Crippen LogP contribution in [0.1, 0.15) is 34.1 Å². The van der Waals surface area contributed by atoms with Crippen LogP contribution in [0.3, 0.4) is 0 Å². The van der Waals surface area contributed by atoms with E-state index in [1.165, 1.54) is 0 Å². The van der Waals surface area contributed by atoms with Crippen molar-refractivity contribution >= 4 is 5.78 Å². The number of aryl methyl sites for hydroxylation is 1. The van der Waals surface area contributed by atoms with E-state index in [0.29, 0.717) is 0 Å². The van der Waals surface area contributed by atoms with E-state index in [1.54, 1.807) is 6.92 Å². The van der Waals surface area contributed by atoms with Gasteiger partial charge < -0.3 is 0 Å². The zero-order valence-corrected chi connectivity index (χ0v) is 10.8. The number of hydrogen-bond donors (Lipinski definition) is 0. The molecule has 0 atom stereocenters. The van der Waals surface area contributed by atoms with Crippen LogP contribution in [-0.2, 0) is 0 Å². The number of hydrogen-bond acceptors (Lipinski definition) is 1. The van der Waals surface area contributed by atoms with Crippen molar-refractivity contribution in [1.82, 2.24) is 4.57 Å². The minimum absolute atomic E-state index is 0.0882. The van der Waals surface area contributed by atoms with E-state index >= 15 is 0 Å². The molecule has 0 aliphatic heterocycles. The summed E-state index contributed by atoms with van der Waals surface area (Å²) < 4.78 is 1.82. The second-order valence-electron chi connectivity index (χ2n) is 4.30. The second-order valence-corrected chi connectivity index (χ2v) is 4.30. The smallest absolute Gasteiger partial charge is 0.161 e. The molecule has 0 unspecified atom stereocenters. The molecule has 0 spiro atoms. The molecular weight excluding hydrogens is 222 g/mol. The molecule has 90 valence electrons. The molecule has 0 bridgehead atoms. The first kappa shape index (κ1) is 12.2. The molecule has 1 aromatic heterocycles. The summed E-state index contributed by atoms with van der Waals surface area (Å²) in [6, 6.07) is 12.9. The van der Waals surface area contributed by atoms with Crippen molar-refractivity contribution < 1.29 is 4.79 Å². The SMILES string of the molecule is CC(=O)c1c(C)cn(C#Cc2ccccc2)c1C. The van der Waals surface area contributed by atoms with Crippen molar-refractivity contribution in [3.05, 3.63) is 58.9 Å². The van der Waals surface area contributed by atoms with Crippen LogP contribution in [0.4, 0.5) is 0 Å². The van der Waals surface area contributed by atoms with Crippen molar-refractivity contribution in [3.63, 3.8) is 0 Å². The third-order valence-electron chi connectivity index (χ3n) is 2.89. The van der Waals surface area contributed by atoms with Crippen molar-refractivity contribution in [1.29, 1.82) is 0 Å². The Morgan fingerprint density at radius 1 is 1.17 bits per heavy atom. The molecule has 2 heteroatoms. The quantitative estimate of drug-likeness (QED) is 0.551. The Balaban J connectivity index is 2.40. The van der Waals surface area contributed by atoms with Gasteiger partial charge in [-0.1, -0.05) is 18.2 Å². The first-order chi connectivity index (χ1) is 8.59. The van der Waals surface area contributed by atoms with Gasteiger partial charge in [0.1, 0.15) is 0 Å². The second kappa shape index (κ2) is 4.93. The van der Waals surface area contributed by atoms with Crippen molar-refractivity contribution in [2.24, 2.45) is 0 Å². The highest BCUT2D eigenvalue weighted by atomic mass is 16.1. The highest BCUT2D eigenvalue weighted by Crippen LogP contribution is 2.15. The number of ketones is 1. The van der Waals surface area contributed by atoms with Crippen LogP contribution in [0.2, 0.25) is 0 Å². The van der Waals surface area contributed by atoms with E-state index in [4.69, 9.17) is 0 Å². The molecule has 0 fully saturated rings. The molecule has 2 aromatic rings. The van der Waals surface area contributed by atoms with Crippen molar-refractivity contribution in [3.8, 4) is 12.0 Å². The maximum atomic E-state index is 11.5. The van der Waals surface area contributed by atoms with E-state index in [2.05, 4.69) is 12.0 Å². The number of Topliss-reactive ketones (excluding diaryl/α,β-unsaturated/α-hetero) is 1. The third-order valence-corrected chi connectivity index (χ3v) is 2.89. The summed E-state index contributed by atoms with van der Waals surface area (Å²) in [5, 5.41) is 0. The number of carbonyl (C=O) groups excluding carboxylic acids is 1. The van der Waals surface area contributed by atoms with Gasteiger partial charge in [-0.3, -0.25) is 9.36 Å². The highest BCUT2D eigenvalue weighted by molar-refractivity contribution is 5.96. The van der Waals surface area contributed by atoms with Crippen LogP contribution in [0, 0.1) is 25.8 Å². The fraction of sp³-hybridized carbons (Fsp3) is 0.188. The Morgan fingerprint density at radius 2 is 1.83 bits per heavy atom. The first-order valence-electron chi connectivity index (χ1n) is 5.86. The third kappa shape index (κ3) is 2.36. The fourth-order valence-electron chi connectivity index (χ4n) is 2.06. The maximum absolute atomic E-state index is 11.5. The van der Waals surface area contributed by atoms with E-state index in [-0.39, 0.29) is 5.78 Å². The molecule has 2 rings (SSSR count). The number of aromatic nitrogens is 1. The van der Waals surface area contributed by atoms with E-state index < -0.39 is 0 Å². The predicted molar refractivity (Wildman–Crippen MR) is 72.6 cm³/mol. The zero-order chi connectivity index (χ0) is 13.1. The molecule has 1 heterocycles. The number of rotatable bonds is 1. The van der Waals surface area contributed by atoms with Gasteiger partial charge in [-0.25, -0.2) is 0 Å². The van der Waals surface area contributed by atoms with E-state index in [1.807, 2.05) is 54.9 Å². The highest BCUT2D eigenvalue weighted by Gasteiger charge is 2.12. The van der Waals surface area contributed by atoms with Gasteiger partial charge in [0, 0.05) is 29.1 Å². The molecule has 0 aliphatic rings. The minimum atomic E-state index is 0.0882. The predicted octanol–water partition coefficient (Wildman–Crippen LogP) is 3.16. The van der Waals surface area contributed by atoms with Crippen LogP contribution in [0.25, 0.3) is 0 Å². The van der Waals surface area contributed by atoms with Gasteiger partial charge in [0.25, 0.3) is 0 Å². The fourth-order valence-corrected chi connectivity index (χ4v) is 2.06. The lowest BCUT2D eigenvalue weighted by Gasteiger charge is -1.97. The number of carbonyl (C=O) groups is 1. The maximum Gasteiger partial charge on any atom is 0.161 e. The number of nitrogens with zero attached hydrogens (tertiary/aromatic N) is 1. The first-order valence-corrected chi connectivity index (χ1v) is 5.86. The Kier molecular flexibility index (Phi) is 3.34. The van der Waals surface area contributed by atoms with Gasteiger partial charge in [0.05, 0.1) is 0 Å². The van der Waals surface area contributed by atoms with Crippen LogP contribution >= 0.6 is 0 Å². The molecule has 0 radical (unpaired) electrons. The summed E-state index contributed by atoms with van der Waals surface area (Å²) in [4.78, 5) is 11.5. The van der Waals surface area contributed by atoms with Gasteiger partial charge in [-0.05, 0) is 44.4 Å². The summed E-state index contributed by atoms with van der Waals surface area (Å²) in [7, 11) is 0.